The first kappa shape index (κ1) is 23.7. The largest absolute Gasteiger partial charge is 0.477 e. The predicted octanol–water partition coefficient (Wildman–Crippen LogP) is 5.17. The third-order valence-electron chi connectivity index (χ3n) is 5.45. The van der Waals surface area contributed by atoms with Crippen LogP contribution in [0.25, 0.3) is 0 Å². The number of nitrogens with zero attached hydrogens (tertiary/aromatic N) is 2. The topological polar surface area (TPSA) is 59.1 Å². The number of anilines is 1. The van der Waals surface area contributed by atoms with E-state index in [4.69, 9.17) is 13.6 Å². The van der Waals surface area contributed by atoms with Crippen molar-refractivity contribution in [2.24, 2.45) is 0 Å². The van der Waals surface area contributed by atoms with Gasteiger partial charge in [0.15, 0.2) is 18.2 Å². The van der Waals surface area contributed by atoms with E-state index in [-0.39, 0.29) is 13.1 Å². The molecule has 2 aromatic heterocycles. The van der Waals surface area contributed by atoms with Crippen molar-refractivity contribution in [3.63, 3.8) is 0 Å². The summed E-state index contributed by atoms with van der Waals surface area (Å²) in [5.74, 6) is -11.7. The van der Waals surface area contributed by atoms with Gasteiger partial charge in [0, 0.05) is 19.2 Å². The Hall–Kier alpha value is -3.50. The molecule has 1 fully saturated rings. The standard InChI is InChI=1S/C23H21F5N2O4/c24-18-19(25)21(27)23(22(28)20(18)26)33-13-16(31)30(11-14-5-4-10-32-14)12-15-6-7-17(34-15)29-8-2-1-3-9-29/h4-7,10H,1-3,8-9,11-13H2. The number of carbonyl (C=O) groups is 1. The number of carbonyl (C=O) groups excluding carboxylic acids is 1. The van der Waals surface area contributed by atoms with E-state index in [9.17, 15) is 26.7 Å². The molecule has 0 unspecified atom stereocenters. The van der Waals surface area contributed by atoms with Crippen LogP contribution >= 0.6 is 0 Å². The fraction of sp³-hybridized carbons (Fsp3) is 0.348. The summed E-state index contributed by atoms with van der Waals surface area (Å²) in [7, 11) is 0. The summed E-state index contributed by atoms with van der Waals surface area (Å²) in [6.45, 7) is 0.675. The van der Waals surface area contributed by atoms with E-state index in [1.54, 1.807) is 24.3 Å². The molecule has 34 heavy (non-hydrogen) atoms. The summed E-state index contributed by atoms with van der Waals surface area (Å²) < 4.78 is 83.7. The van der Waals surface area contributed by atoms with Crippen LogP contribution in [0, 0.1) is 29.1 Å². The number of halogens is 5. The van der Waals surface area contributed by atoms with Gasteiger partial charge in [-0.3, -0.25) is 4.79 Å². The molecule has 11 heteroatoms. The van der Waals surface area contributed by atoms with Crippen LogP contribution in [0.3, 0.4) is 0 Å². The van der Waals surface area contributed by atoms with Crippen LogP contribution in [-0.2, 0) is 17.9 Å². The molecule has 0 radical (unpaired) electrons. The fourth-order valence-electron chi connectivity index (χ4n) is 3.68. The Morgan fingerprint density at radius 3 is 2.18 bits per heavy atom. The molecule has 0 aliphatic carbocycles. The molecular weight excluding hydrogens is 463 g/mol. The maximum atomic E-state index is 13.9. The molecule has 0 spiro atoms. The van der Waals surface area contributed by atoms with Crippen molar-refractivity contribution in [1.82, 2.24) is 4.90 Å². The maximum Gasteiger partial charge on any atom is 0.261 e. The lowest BCUT2D eigenvalue weighted by Gasteiger charge is -2.26. The Kier molecular flexibility index (Phi) is 7.09. The van der Waals surface area contributed by atoms with E-state index in [1.165, 1.54) is 11.2 Å². The van der Waals surface area contributed by atoms with Gasteiger partial charge in [-0.1, -0.05) is 0 Å². The van der Waals surface area contributed by atoms with Gasteiger partial charge in [0.25, 0.3) is 5.91 Å². The van der Waals surface area contributed by atoms with Crippen molar-refractivity contribution in [1.29, 1.82) is 0 Å². The molecular formula is C23H21F5N2O4. The first-order valence-corrected chi connectivity index (χ1v) is 10.6. The monoisotopic (exact) mass is 484 g/mol. The molecule has 1 saturated heterocycles. The predicted molar refractivity (Wildman–Crippen MR) is 109 cm³/mol. The van der Waals surface area contributed by atoms with Crippen LogP contribution in [0.4, 0.5) is 27.8 Å². The van der Waals surface area contributed by atoms with Gasteiger partial charge in [0.2, 0.25) is 29.1 Å². The second kappa shape index (κ2) is 10.2. The fourth-order valence-corrected chi connectivity index (χ4v) is 3.68. The zero-order valence-electron chi connectivity index (χ0n) is 18.0. The highest BCUT2D eigenvalue weighted by molar-refractivity contribution is 5.77. The molecule has 6 nitrogen and oxygen atoms in total. The van der Waals surface area contributed by atoms with E-state index in [0.717, 1.165) is 32.4 Å². The summed E-state index contributed by atoms with van der Waals surface area (Å²) in [6, 6.07) is 6.73. The van der Waals surface area contributed by atoms with Gasteiger partial charge in [-0.25, -0.2) is 13.2 Å². The highest BCUT2D eigenvalue weighted by Crippen LogP contribution is 2.29. The third-order valence-corrected chi connectivity index (χ3v) is 5.45. The van der Waals surface area contributed by atoms with Crippen molar-refractivity contribution < 1.29 is 40.3 Å². The minimum absolute atomic E-state index is 0.0339. The smallest absolute Gasteiger partial charge is 0.261 e. The molecule has 1 amide bonds. The van der Waals surface area contributed by atoms with Gasteiger partial charge < -0.3 is 23.4 Å². The quantitative estimate of drug-likeness (QED) is 0.251. The van der Waals surface area contributed by atoms with Gasteiger partial charge in [0.1, 0.15) is 11.5 Å². The lowest BCUT2D eigenvalue weighted by Crippen LogP contribution is -2.34. The molecule has 3 heterocycles. The second-order valence-corrected chi connectivity index (χ2v) is 7.80. The number of ether oxygens (including phenoxy) is 1. The number of amides is 1. The van der Waals surface area contributed by atoms with E-state index in [1.807, 2.05) is 0 Å². The molecule has 3 aromatic rings. The van der Waals surface area contributed by atoms with E-state index in [0.29, 0.717) is 17.4 Å². The second-order valence-electron chi connectivity index (χ2n) is 7.80. The Labute approximate surface area is 191 Å². The van der Waals surface area contributed by atoms with Crippen molar-refractivity contribution in [2.75, 3.05) is 24.6 Å². The lowest BCUT2D eigenvalue weighted by atomic mass is 10.1. The molecule has 0 N–H and O–H groups in total. The first-order valence-electron chi connectivity index (χ1n) is 10.6. The zero-order chi connectivity index (χ0) is 24.2. The summed E-state index contributed by atoms with van der Waals surface area (Å²) in [5, 5.41) is 0. The van der Waals surface area contributed by atoms with Crippen LogP contribution in [0.2, 0.25) is 0 Å². The number of benzene rings is 1. The first-order chi connectivity index (χ1) is 16.3. The summed E-state index contributed by atoms with van der Waals surface area (Å²) in [5.41, 5.74) is 0. The van der Waals surface area contributed by atoms with Crippen LogP contribution in [0.1, 0.15) is 30.8 Å². The van der Waals surface area contributed by atoms with E-state index in [2.05, 4.69) is 4.90 Å². The number of rotatable bonds is 8. The Bertz CT molecular complexity index is 1110. The van der Waals surface area contributed by atoms with Crippen LogP contribution in [-0.4, -0.2) is 30.5 Å². The van der Waals surface area contributed by atoms with Gasteiger partial charge in [0.05, 0.1) is 19.4 Å². The normalized spacial score (nSPS) is 13.9. The lowest BCUT2D eigenvalue weighted by molar-refractivity contribution is -0.135. The summed E-state index contributed by atoms with van der Waals surface area (Å²) in [6.07, 6.45) is 4.66. The van der Waals surface area contributed by atoms with Crippen molar-refractivity contribution >= 4 is 11.8 Å². The molecule has 0 bridgehead atoms. The number of furan rings is 2. The third kappa shape index (κ3) is 5.02. The molecule has 0 saturated carbocycles. The molecule has 1 aliphatic heterocycles. The number of hydrogen-bond donors (Lipinski definition) is 0. The van der Waals surface area contributed by atoms with Crippen LogP contribution < -0.4 is 9.64 Å². The molecule has 0 atom stereocenters. The van der Waals surface area contributed by atoms with Crippen molar-refractivity contribution in [2.45, 2.75) is 32.4 Å². The molecule has 4 rings (SSSR count). The van der Waals surface area contributed by atoms with Crippen molar-refractivity contribution in [3.05, 3.63) is 71.1 Å². The van der Waals surface area contributed by atoms with E-state index >= 15 is 0 Å². The Balaban J connectivity index is 1.49. The average molecular weight is 484 g/mol. The molecule has 1 aromatic carbocycles. The number of hydrogen-bond acceptors (Lipinski definition) is 5. The average Bonchev–Trinajstić information content (AvgIpc) is 3.54. The summed E-state index contributed by atoms with van der Waals surface area (Å²) >= 11 is 0. The van der Waals surface area contributed by atoms with Gasteiger partial charge in [-0.15, -0.1) is 0 Å². The van der Waals surface area contributed by atoms with Crippen molar-refractivity contribution in [3.8, 4) is 5.75 Å². The van der Waals surface area contributed by atoms with Gasteiger partial charge in [-0.2, -0.15) is 8.78 Å². The Morgan fingerprint density at radius 1 is 0.882 bits per heavy atom. The van der Waals surface area contributed by atoms with E-state index < -0.39 is 47.3 Å². The SMILES string of the molecule is O=C(COc1c(F)c(F)c(F)c(F)c1F)N(Cc1ccco1)Cc1ccc(N2CCCCC2)o1. The Morgan fingerprint density at radius 2 is 1.53 bits per heavy atom. The molecule has 182 valence electrons. The van der Waals surface area contributed by atoms with Gasteiger partial charge >= 0.3 is 0 Å². The number of piperidine rings is 1. The maximum absolute atomic E-state index is 13.9. The minimum atomic E-state index is -2.31. The molecule has 1 aliphatic rings. The summed E-state index contributed by atoms with van der Waals surface area (Å²) in [4.78, 5) is 16.1. The highest BCUT2D eigenvalue weighted by atomic mass is 19.2. The van der Waals surface area contributed by atoms with Crippen LogP contribution in [0.5, 0.6) is 5.75 Å². The van der Waals surface area contributed by atoms with Gasteiger partial charge in [-0.05, 0) is 37.5 Å². The zero-order valence-corrected chi connectivity index (χ0v) is 18.0. The minimum Gasteiger partial charge on any atom is -0.477 e. The van der Waals surface area contributed by atoms with Crippen LogP contribution in [0.15, 0.2) is 39.4 Å². The highest BCUT2D eigenvalue weighted by Gasteiger charge is 2.28.